The average molecular weight is 734 g/mol. The number of nitrogens with zero attached hydrogens (tertiary/aromatic N) is 2. The fourth-order valence-electron chi connectivity index (χ4n) is 4.43. The highest BCUT2D eigenvalue weighted by atomic mass is 35.5. The van der Waals surface area contributed by atoms with Crippen LogP contribution in [0.15, 0.2) is 110 Å². The zero-order chi connectivity index (χ0) is 35.0. The Bertz CT molecular complexity index is 2420. The summed E-state index contributed by atoms with van der Waals surface area (Å²) in [5.41, 5.74) is -0.741. The summed E-state index contributed by atoms with van der Waals surface area (Å²) in [7, 11) is -13.2. The van der Waals surface area contributed by atoms with Crippen molar-refractivity contribution in [1.82, 2.24) is 0 Å². The number of anilines is 1. The summed E-state index contributed by atoms with van der Waals surface area (Å²) in [5, 5.41) is 18.6. The van der Waals surface area contributed by atoms with Gasteiger partial charge in [-0.05, 0) is 85.1 Å². The van der Waals surface area contributed by atoms with Crippen molar-refractivity contribution >= 4 is 69.7 Å². The molecule has 4 N–H and O–H groups in total. The SMILES string of the molecule is COc1ccc(Oc2ccc(Cl)cc2N=Nc2c(S(=O)(=O)O)cc3cc(S(=O)(=O)O)cc(NS(=O)(=O)c4ccc(C)cc4)c3c2O)cc1. The van der Waals surface area contributed by atoms with Gasteiger partial charge in [-0.25, -0.2) is 8.42 Å². The number of ether oxygens (including phenoxy) is 2. The number of sulfonamides is 1. The van der Waals surface area contributed by atoms with Crippen LogP contribution in [0, 0.1) is 6.92 Å². The maximum atomic E-state index is 13.3. The average Bonchev–Trinajstić information content (AvgIpc) is 3.01. The van der Waals surface area contributed by atoms with Gasteiger partial charge in [0.25, 0.3) is 30.3 Å². The van der Waals surface area contributed by atoms with Gasteiger partial charge in [0.2, 0.25) is 0 Å². The van der Waals surface area contributed by atoms with Gasteiger partial charge in [0, 0.05) is 5.02 Å². The molecule has 5 aromatic carbocycles. The molecule has 18 heteroatoms. The molecule has 0 amide bonds. The second-order valence-electron chi connectivity index (χ2n) is 10.1. The van der Waals surface area contributed by atoms with E-state index in [1.165, 1.54) is 49.6 Å². The number of azo groups is 1. The van der Waals surface area contributed by atoms with Crippen molar-refractivity contribution in [2.75, 3.05) is 11.8 Å². The number of aryl methyl sites for hydroxylation is 1. The Morgan fingerprint density at radius 1 is 0.750 bits per heavy atom. The molecule has 0 bridgehead atoms. The van der Waals surface area contributed by atoms with E-state index in [9.17, 15) is 39.5 Å². The van der Waals surface area contributed by atoms with Crippen LogP contribution >= 0.6 is 11.6 Å². The smallest absolute Gasteiger partial charge is 0.296 e. The van der Waals surface area contributed by atoms with Crippen molar-refractivity contribution in [3.63, 3.8) is 0 Å². The molecule has 0 aliphatic heterocycles. The van der Waals surface area contributed by atoms with E-state index in [-0.39, 0.29) is 21.4 Å². The number of hydrogen-bond donors (Lipinski definition) is 4. The van der Waals surface area contributed by atoms with E-state index in [1.807, 2.05) is 0 Å². The minimum atomic E-state index is -5.20. The molecule has 0 saturated heterocycles. The highest BCUT2D eigenvalue weighted by molar-refractivity contribution is 7.92. The number of rotatable bonds is 10. The highest BCUT2D eigenvalue weighted by Gasteiger charge is 2.27. The molecule has 0 spiro atoms. The number of nitrogens with one attached hydrogen (secondary N) is 1. The van der Waals surface area contributed by atoms with Crippen molar-refractivity contribution in [2.45, 2.75) is 21.6 Å². The minimum Gasteiger partial charge on any atom is -0.505 e. The quantitative estimate of drug-likeness (QED) is 0.0844. The first-order valence-corrected chi connectivity index (χ1v) is 18.1. The number of phenols is 1. The fraction of sp³-hybridized carbons (Fsp3) is 0.0667. The molecule has 0 aromatic heterocycles. The summed E-state index contributed by atoms with van der Waals surface area (Å²) in [5.74, 6) is -0.0209. The van der Waals surface area contributed by atoms with E-state index in [4.69, 9.17) is 21.1 Å². The zero-order valence-electron chi connectivity index (χ0n) is 24.7. The summed E-state index contributed by atoms with van der Waals surface area (Å²) >= 11 is 6.15. The van der Waals surface area contributed by atoms with E-state index in [1.54, 1.807) is 31.2 Å². The van der Waals surface area contributed by atoms with Crippen molar-refractivity contribution in [3.05, 3.63) is 95.5 Å². The van der Waals surface area contributed by atoms with Crippen LogP contribution in [0.4, 0.5) is 17.1 Å². The van der Waals surface area contributed by atoms with Gasteiger partial charge in [-0.2, -0.15) is 16.8 Å². The number of methoxy groups -OCH3 is 1. The standard InChI is InChI=1S/C30H24ClN3O11S3/c1-17-3-10-22(11-4-17)46(36,37)34-25-16-23(47(38,39)40)13-18-14-27(48(41,42)43)29(30(35)28(18)25)33-32-24-15-19(31)5-12-26(24)45-21-8-6-20(44-2)7-9-21/h3-16,34-35H,1-2H3,(H,38,39,40)(H,41,42,43). The van der Waals surface area contributed by atoms with E-state index >= 15 is 0 Å². The van der Waals surface area contributed by atoms with Gasteiger partial charge in [0.05, 0.1) is 28.0 Å². The van der Waals surface area contributed by atoms with Gasteiger partial charge in [-0.15, -0.1) is 10.2 Å². The van der Waals surface area contributed by atoms with Crippen molar-refractivity contribution in [2.24, 2.45) is 10.2 Å². The predicted octanol–water partition coefficient (Wildman–Crippen LogP) is 7.02. The lowest BCUT2D eigenvalue weighted by molar-refractivity contribution is 0.413. The first kappa shape index (κ1) is 34.6. The topological polar surface area (TPSA) is 218 Å². The predicted molar refractivity (Wildman–Crippen MR) is 176 cm³/mol. The molecule has 48 heavy (non-hydrogen) atoms. The van der Waals surface area contributed by atoms with E-state index in [0.29, 0.717) is 11.5 Å². The van der Waals surface area contributed by atoms with Gasteiger partial charge in [0.1, 0.15) is 27.8 Å². The number of halogens is 1. The molecule has 14 nitrogen and oxygen atoms in total. The number of phenolic OH excluding ortho intramolecular Hbond substituents is 1. The third-order valence-electron chi connectivity index (χ3n) is 6.74. The molecule has 0 fully saturated rings. The molecule has 0 aliphatic carbocycles. The summed E-state index contributed by atoms with van der Waals surface area (Å²) in [6.07, 6.45) is 0. The summed E-state index contributed by atoms with van der Waals surface area (Å²) < 4.78 is 109. The van der Waals surface area contributed by atoms with Crippen molar-refractivity contribution in [3.8, 4) is 23.0 Å². The van der Waals surface area contributed by atoms with Crippen molar-refractivity contribution < 1.29 is 48.9 Å². The van der Waals surface area contributed by atoms with E-state index < -0.39 is 67.9 Å². The molecule has 0 aliphatic rings. The summed E-state index contributed by atoms with van der Waals surface area (Å²) in [6, 6.07) is 18.5. The largest absolute Gasteiger partial charge is 0.505 e. The molecular weight excluding hydrogens is 710 g/mol. The molecule has 250 valence electrons. The monoisotopic (exact) mass is 733 g/mol. The van der Waals surface area contributed by atoms with E-state index in [0.717, 1.165) is 23.8 Å². The van der Waals surface area contributed by atoms with Crippen LogP contribution in [0.25, 0.3) is 10.8 Å². The van der Waals surface area contributed by atoms with E-state index in [2.05, 4.69) is 15.0 Å². The molecule has 0 atom stereocenters. The van der Waals surface area contributed by atoms with Gasteiger partial charge in [-0.1, -0.05) is 29.3 Å². The van der Waals surface area contributed by atoms with Crippen molar-refractivity contribution in [1.29, 1.82) is 0 Å². The van der Waals surface area contributed by atoms with Crippen LogP contribution in [0.2, 0.25) is 5.02 Å². The lowest BCUT2D eigenvalue weighted by atomic mass is 10.1. The van der Waals surface area contributed by atoms with Gasteiger partial charge in [0.15, 0.2) is 11.5 Å². The van der Waals surface area contributed by atoms with Crippen LogP contribution in [-0.4, -0.2) is 46.6 Å². The molecule has 0 radical (unpaired) electrons. The first-order chi connectivity index (χ1) is 22.5. The van der Waals surface area contributed by atoms with Crippen LogP contribution in [-0.2, 0) is 30.3 Å². The Balaban J connectivity index is 1.71. The fourth-order valence-corrected chi connectivity index (χ4v) is 6.86. The summed E-state index contributed by atoms with van der Waals surface area (Å²) in [6.45, 7) is 1.73. The van der Waals surface area contributed by atoms with Gasteiger partial charge < -0.3 is 14.6 Å². The third kappa shape index (κ3) is 7.51. The van der Waals surface area contributed by atoms with Crippen LogP contribution in [0.3, 0.4) is 0 Å². The number of aromatic hydroxyl groups is 1. The maximum absolute atomic E-state index is 13.3. The minimum absolute atomic E-state index is 0.0545. The second-order valence-corrected chi connectivity index (χ2v) is 15.0. The maximum Gasteiger partial charge on any atom is 0.296 e. The highest BCUT2D eigenvalue weighted by Crippen LogP contribution is 2.46. The lowest BCUT2D eigenvalue weighted by Crippen LogP contribution is -2.14. The summed E-state index contributed by atoms with van der Waals surface area (Å²) in [4.78, 5) is -2.13. The Morgan fingerprint density at radius 2 is 1.40 bits per heavy atom. The third-order valence-corrected chi connectivity index (χ3v) is 10.1. The molecule has 0 heterocycles. The van der Waals surface area contributed by atoms with Gasteiger partial charge in [-0.3, -0.25) is 13.8 Å². The Labute approximate surface area is 279 Å². The Kier molecular flexibility index (Phi) is 9.37. The number of fused-ring (bicyclic) bond motifs is 1. The van der Waals surface area contributed by atoms with Crippen LogP contribution < -0.4 is 14.2 Å². The second kappa shape index (κ2) is 13.0. The molecule has 0 unspecified atom stereocenters. The van der Waals surface area contributed by atoms with Gasteiger partial charge >= 0.3 is 0 Å². The Morgan fingerprint density at radius 3 is 2.00 bits per heavy atom. The zero-order valence-corrected chi connectivity index (χ0v) is 27.9. The lowest BCUT2D eigenvalue weighted by Gasteiger charge is -2.16. The number of hydrogen-bond acceptors (Lipinski definition) is 11. The molecule has 0 saturated carbocycles. The Hall–Kier alpha value is -4.78. The van der Waals surface area contributed by atoms with Crippen LogP contribution in [0.1, 0.15) is 5.56 Å². The number of benzene rings is 5. The normalized spacial score (nSPS) is 12.4. The molecule has 5 aromatic rings. The van der Waals surface area contributed by atoms with Crippen LogP contribution in [0.5, 0.6) is 23.0 Å². The first-order valence-electron chi connectivity index (χ1n) is 13.4. The molecular formula is C30H24ClN3O11S3. The molecule has 5 rings (SSSR count).